The lowest BCUT2D eigenvalue weighted by molar-refractivity contribution is 0.174. The summed E-state index contributed by atoms with van der Waals surface area (Å²) in [5.41, 5.74) is 7.09. The highest BCUT2D eigenvalue weighted by Crippen LogP contribution is 2.38. The number of aromatic amines is 2. The van der Waals surface area contributed by atoms with Gasteiger partial charge in [0.05, 0.1) is 41.7 Å². The van der Waals surface area contributed by atoms with Crippen molar-refractivity contribution in [1.29, 1.82) is 0 Å². The average molecular weight is 463 g/mol. The zero-order chi connectivity index (χ0) is 23.4. The second kappa shape index (κ2) is 7.52. The van der Waals surface area contributed by atoms with E-state index in [2.05, 4.69) is 25.1 Å². The van der Waals surface area contributed by atoms with Gasteiger partial charge < -0.3 is 19.2 Å². The smallest absolute Gasteiger partial charge is 0.231 e. The fraction of sp³-hybridized carbons (Fsp3) is 0.0800. The van der Waals surface area contributed by atoms with E-state index in [9.17, 15) is 0 Å². The summed E-state index contributed by atoms with van der Waals surface area (Å²) in [6, 6.07) is 11.6. The van der Waals surface area contributed by atoms with Crippen LogP contribution in [0.1, 0.15) is 0 Å². The number of rotatable bonds is 4. The molecule has 5 aromatic heterocycles. The van der Waals surface area contributed by atoms with E-state index in [0.717, 1.165) is 44.7 Å². The number of benzene rings is 1. The minimum atomic E-state index is 0.223. The van der Waals surface area contributed by atoms with E-state index >= 15 is 0 Å². The summed E-state index contributed by atoms with van der Waals surface area (Å²) in [5.74, 6) is 2.69. The lowest BCUT2D eigenvalue weighted by Crippen LogP contribution is -1.92. The van der Waals surface area contributed by atoms with Crippen molar-refractivity contribution >= 4 is 22.1 Å². The second-order valence-electron chi connectivity index (χ2n) is 8.01. The molecule has 0 atom stereocenters. The van der Waals surface area contributed by atoms with Crippen molar-refractivity contribution in [3.63, 3.8) is 0 Å². The van der Waals surface area contributed by atoms with Crippen LogP contribution in [0, 0.1) is 0 Å². The normalized spacial score (nSPS) is 12.5. The molecule has 10 nitrogen and oxygen atoms in total. The number of nitrogens with zero attached hydrogens (tertiary/aromatic N) is 5. The van der Waals surface area contributed by atoms with Crippen molar-refractivity contribution in [3.8, 4) is 51.2 Å². The number of H-pyrrole nitrogens is 2. The van der Waals surface area contributed by atoms with E-state index < -0.39 is 0 Å². The fourth-order valence-electron chi connectivity index (χ4n) is 4.22. The number of nitrogens with one attached hydrogen (secondary N) is 2. The van der Waals surface area contributed by atoms with Crippen molar-refractivity contribution in [1.82, 2.24) is 35.1 Å². The van der Waals surface area contributed by atoms with Gasteiger partial charge >= 0.3 is 0 Å². The second-order valence-corrected chi connectivity index (χ2v) is 8.01. The number of methoxy groups -OCH3 is 1. The third kappa shape index (κ3) is 3.15. The first-order valence-electron chi connectivity index (χ1n) is 10.9. The summed E-state index contributed by atoms with van der Waals surface area (Å²) in [7, 11) is 1.61. The van der Waals surface area contributed by atoms with Crippen LogP contribution in [0.2, 0.25) is 0 Å². The number of aromatic nitrogens is 7. The number of hydrogen-bond acceptors (Lipinski definition) is 8. The summed E-state index contributed by atoms with van der Waals surface area (Å²) in [4.78, 5) is 21.7. The lowest BCUT2D eigenvalue weighted by Gasteiger charge is -2.04. The number of fused-ring (bicyclic) bond motifs is 3. The van der Waals surface area contributed by atoms with Gasteiger partial charge in [-0.2, -0.15) is 5.10 Å². The highest BCUT2D eigenvalue weighted by atomic mass is 16.7. The molecule has 0 spiro atoms. The van der Waals surface area contributed by atoms with E-state index in [4.69, 9.17) is 24.2 Å². The molecular weight excluding hydrogens is 446 g/mol. The fourth-order valence-corrected chi connectivity index (χ4v) is 4.22. The van der Waals surface area contributed by atoms with Crippen LogP contribution < -0.4 is 14.2 Å². The molecule has 0 saturated carbocycles. The topological polar surface area (TPSA) is 124 Å². The number of ether oxygens (including phenoxy) is 3. The van der Waals surface area contributed by atoms with Gasteiger partial charge in [-0.25, -0.2) is 9.97 Å². The molecule has 10 heteroatoms. The van der Waals surface area contributed by atoms with E-state index in [-0.39, 0.29) is 6.79 Å². The first kappa shape index (κ1) is 19.5. The maximum atomic E-state index is 5.54. The molecule has 2 N–H and O–H groups in total. The van der Waals surface area contributed by atoms with Gasteiger partial charge in [0.15, 0.2) is 23.0 Å². The third-order valence-corrected chi connectivity index (χ3v) is 5.95. The molecule has 0 aliphatic carbocycles. The summed E-state index contributed by atoms with van der Waals surface area (Å²) >= 11 is 0. The van der Waals surface area contributed by atoms with Crippen LogP contribution in [0.25, 0.3) is 56.0 Å². The molecule has 0 saturated heterocycles. The summed E-state index contributed by atoms with van der Waals surface area (Å²) in [6.07, 6.45) is 6.95. The molecule has 1 aromatic carbocycles. The SMILES string of the molecule is COc1cncc(-c2ccc3[nH]nc(-c4nc5c(-c6ccc7c(c6)OCO7)cncc5[nH]4)c3n2)c1. The van der Waals surface area contributed by atoms with Crippen LogP contribution in [0.3, 0.4) is 0 Å². The quantitative estimate of drug-likeness (QED) is 0.395. The molecule has 1 aliphatic rings. The molecule has 0 unspecified atom stereocenters. The molecule has 1 aliphatic heterocycles. The van der Waals surface area contributed by atoms with Crippen molar-refractivity contribution in [2.24, 2.45) is 0 Å². The molecule has 6 heterocycles. The van der Waals surface area contributed by atoms with Gasteiger partial charge in [-0.15, -0.1) is 0 Å². The van der Waals surface area contributed by atoms with Crippen LogP contribution in [0.15, 0.2) is 61.2 Å². The van der Waals surface area contributed by atoms with E-state index in [1.54, 1.807) is 31.9 Å². The highest BCUT2D eigenvalue weighted by molar-refractivity contribution is 5.96. The Bertz CT molecular complexity index is 1740. The van der Waals surface area contributed by atoms with Gasteiger partial charge in [0.2, 0.25) is 6.79 Å². The Morgan fingerprint density at radius 1 is 0.829 bits per heavy atom. The third-order valence-electron chi connectivity index (χ3n) is 5.95. The maximum absolute atomic E-state index is 5.54. The molecule has 170 valence electrons. The van der Waals surface area contributed by atoms with Gasteiger partial charge in [0, 0.05) is 23.5 Å². The van der Waals surface area contributed by atoms with E-state index in [1.807, 2.05) is 36.4 Å². The van der Waals surface area contributed by atoms with Gasteiger partial charge in [0.1, 0.15) is 11.3 Å². The number of hydrogen-bond donors (Lipinski definition) is 2. The minimum absolute atomic E-state index is 0.223. The summed E-state index contributed by atoms with van der Waals surface area (Å²) in [6.45, 7) is 0.223. The van der Waals surface area contributed by atoms with Crippen molar-refractivity contribution in [2.75, 3.05) is 13.9 Å². The first-order valence-corrected chi connectivity index (χ1v) is 10.9. The van der Waals surface area contributed by atoms with Crippen molar-refractivity contribution < 1.29 is 14.2 Å². The van der Waals surface area contributed by atoms with Crippen LogP contribution in [-0.2, 0) is 0 Å². The Kier molecular flexibility index (Phi) is 4.19. The van der Waals surface area contributed by atoms with Crippen LogP contribution in [0.5, 0.6) is 17.2 Å². The first-order chi connectivity index (χ1) is 17.3. The molecule has 7 rings (SSSR count). The van der Waals surface area contributed by atoms with Gasteiger partial charge in [-0.05, 0) is 35.9 Å². The van der Waals surface area contributed by atoms with Gasteiger partial charge in [-0.3, -0.25) is 15.1 Å². The monoisotopic (exact) mass is 463 g/mol. The average Bonchev–Trinajstić information content (AvgIpc) is 3.65. The molecule has 0 radical (unpaired) electrons. The zero-order valence-corrected chi connectivity index (χ0v) is 18.4. The summed E-state index contributed by atoms with van der Waals surface area (Å²) < 4.78 is 16.3. The Labute approximate surface area is 198 Å². The lowest BCUT2D eigenvalue weighted by atomic mass is 10.1. The molecular formula is C25H17N7O3. The number of pyridine rings is 3. The minimum Gasteiger partial charge on any atom is -0.495 e. The van der Waals surface area contributed by atoms with Gasteiger partial charge in [0.25, 0.3) is 0 Å². The zero-order valence-electron chi connectivity index (χ0n) is 18.4. The molecule has 0 fully saturated rings. The highest BCUT2D eigenvalue weighted by Gasteiger charge is 2.19. The molecule has 6 aromatic rings. The predicted octanol–water partition coefficient (Wildman–Crippen LogP) is 4.36. The molecule has 0 amide bonds. The van der Waals surface area contributed by atoms with Crippen LogP contribution in [-0.4, -0.2) is 49.0 Å². The largest absolute Gasteiger partial charge is 0.495 e. The number of imidazole rings is 1. The Morgan fingerprint density at radius 3 is 2.69 bits per heavy atom. The Hall–Kier alpha value is -4.99. The summed E-state index contributed by atoms with van der Waals surface area (Å²) in [5, 5.41) is 7.55. The van der Waals surface area contributed by atoms with Crippen molar-refractivity contribution in [3.05, 3.63) is 61.2 Å². The van der Waals surface area contributed by atoms with Crippen molar-refractivity contribution in [2.45, 2.75) is 0 Å². The van der Waals surface area contributed by atoms with Crippen LogP contribution >= 0.6 is 0 Å². The molecule has 0 bridgehead atoms. The standard InChI is InChI=1S/C25H17N7O3/c1-33-15-6-14(8-26-9-15)17-3-4-18-23(28-17)24(32-31-18)25-29-19-11-27-10-16(22(19)30-25)13-2-5-20-21(7-13)35-12-34-20/h2-11H,12H2,1H3,(H,29,30)(H,31,32). The predicted molar refractivity (Wildman–Crippen MR) is 128 cm³/mol. The Morgan fingerprint density at radius 2 is 1.74 bits per heavy atom. The van der Waals surface area contributed by atoms with E-state index in [1.165, 1.54) is 0 Å². The van der Waals surface area contributed by atoms with Gasteiger partial charge in [-0.1, -0.05) is 6.07 Å². The maximum Gasteiger partial charge on any atom is 0.231 e. The molecule has 35 heavy (non-hydrogen) atoms. The van der Waals surface area contributed by atoms with Crippen LogP contribution in [0.4, 0.5) is 0 Å². The van der Waals surface area contributed by atoms with E-state index in [0.29, 0.717) is 28.5 Å². The Balaban J connectivity index is 1.35.